The molecule has 4 rings (SSSR count). The Labute approximate surface area is 135 Å². The van der Waals surface area contributed by atoms with Crippen LogP contribution >= 0.6 is 0 Å². The molecule has 1 heterocycles. The second kappa shape index (κ2) is 5.84. The highest BCUT2D eigenvalue weighted by molar-refractivity contribution is 6.05. The minimum absolute atomic E-state index is 0.123. The Bertz CT molecular complexity index is 880. The van der Waals surface area contributed by atoms with Gasteiger partial charge in [-0.15, -0.1) is 0 Å². The molecule has 0 saturated heterocycles. The zero-order valence-electron chi connectivity index (χ0n) is 12.9. The van der Waals surface area contributed by atoms with E-state index in [2.05, 4.69) is 28.5 Å². The summed E-state index contributed by atoms with van der Waals surface area (Å²) < 4.78 is 0. The van der Waals surface area contributed by atoms with Crippen LogP contribution < -0.4 is 5.32 Å². The van der Waals surface area contributed by atoms with Crippen LogP contribution in [-0.2, 0) is 19.4 Å². The predicted octanol–water partition coefficient (Wildman–Crippen LogP) is 3.65. The molecule has 114 valence electrons. The molecule has 1 aliphatic rings. The van der Waals surface area contributed by atoms with Gasteiger partial charge in [-0.3, -0.25) is 9.78 Å². The molecule has 0 fully saturated rings. The van der Waals surface area contributed by atoms with Crippen molar-refractivity contribution in [1.82, 2.24) is 10.3 Å². The molecule has 2 aromatic carbocycles. The summed E-state index contributed by atoms with van der Waals surface area (Å²) in [7, 11) is 0. The van der Waals surface area contributed by atoms with Gasteiger partial charge in [0.1, 0.15) is 5.69 Å². The summed E-state index contributed by atoms with van der Waals surface area (Å²) in [6.45, 7) is 0.539. The number of hydrogen-bond acceptors (Lipinski definition) is 2. The van der Waals surface area contributed by atoms with Crippen LogP contribution in [0.25, 0.3) is 10.8 Å². The fourth-order valence-corrected chi connectivity index (χ4v) is 3.30. The number of rotatable bonds is 3. The number of carbonyl (C=O) groups is 1. The third-order valence-corrected chi connectivity index (χ3v) is 4.50. The molecule has 3 aromatic rings. The van der Waals surface area contributed by atoms with E-state index in [0.717, 1.165) is 22.8 Å². The van der Waals surface area contributed by atoms with E-state index in [4.69, 9.17) is 0 Å². The number of amides is 1. The molecule has 1 amide bonds. The first kappa shape index (κ1) is 13.9. The highest BCUT2D eigenvalue weighted by atomic mass is 16.1. The van der Waals surface area contributed by atoms with Crippen molar-refractivity contribution in [3.8, 4) is 0 Å². The van der Waals surface area contributed by atoms with Crippen molar-refractivity contribution in [3.63, 3.8) is 0 Å². The van der Waals surface area contributed by atoms with Gasteiger partial charge in [-0.1, -0.05) is 42.5 Å². The number of hydrogen-bond donors (Lipinski definition) is 1. The Kier molecular flexibility index (Phi) is 3.54. The molecule has 1 N–H and O–H groups in total. The van der Waals surface area contributed by atoms with E-state index >= 15 is 0 Å². The minimum Gasteiger partial charge on any atom is -0.347 e. The fraction of sp³-hybridized carbons (Fsp3) is 0.200. The fourth-order valence-electron chi connectivity index (χ4n) is 3.30. The number of nitrogens with one attached hydrogen (secondary N) is 1. The van der Waals surface area contributed by atoms with E-state index in [1.807, 2.05) is 30.3 Å². The molecule has 1 aliphatic carbocycles. The van der Waals surface area contributed by atoms with E-state index in [0.29, 0.717) is 12.2 Å². The van der Waals surface area contributed by atoms with Crippen molar-refractivity contribution in [3.05, 3.63) is 77.1 Å². The average Bonchev–Trinajstić information content (AvgIpc) is 3.07. The van der Waals surface area contributed by atoms with Crippen LogP contribution in [0.2, 0.25) is 0 Å². The number of carbonyl (C=O) groups excluding carboxylic acids is 1. The lowest BCUT2D eigenvalue weighted by Gasteiger charge is -2.08. The van der Waals surface area contributed by atoms with E-state index in [9.17, 15) is 4.79 Å². The van der Waals surface area contributed by atoms with Crippen LogP contribution in [0.3, 0.4) is 0 Å². The summed E-state index contributed by atoms with van der Waals surface area (Å²) in [6.07, 6.45) is 5.27. The number of aromatic nitrogens is 1. The summed E-state index contributed by atoms with van der Waals surface area (Å²) in [6, 6.07) is 16.3. The molecule has 3 heteroatoms. The van der Waals surface area contributed by atoms with Crippen molar-refractivity contribution in [2.75, 3.05) is 0 Å². The van der Waals surface area contributed by atoms with Crippen molar-refractivity contribution >= 4 is 16.7 Å². The van der Waals surface area contributed by atoms with Crippen molar-refractivity contribution in [1.29, 1.82) is 0 Å². The first-order valence-corrected chi connectivity index (χ1v) is 8.04. The molecule has 0 bridgehead atoms. The number of nitrogens with zero attached hydrogens (tertiary/aromatic N) is 1. The normalized spacial score (nSPS) is 13.0. The first-order valence-electron chi connectivity index (χ1n) is 8.04. The van der Waals surface area contributed by atoms with E-state index in [1.165, 1.54) is 24.0 Å². The predicted molar refractivity (Wildman–Crippen MR) is 91.4 cm³/mol. The van der Waals surface area contributed by atoms with Gasteiger partial charge in [0.05, 0.1) is 0 Å². The smallest absolute Gasteiger partial charge is 0.270 e. The van der Waals surface area contributed by atoms with Crippen molar-refractivity contribution < 1.29 is 4.79 Å². The summed E-state index contributed by atoms with van der Waals surface area (Å²) >= 11 is 0. The van der Waals surface area contributed by atoms with Crippen molar-refractivity contribution in [2.45, 2.75) is 25.8 Å². The summed E-state index contributed by atoms with van der Waals surface area (Å²) in [5, 5.41) is 4.92. The van der Waals surface area contributed by atoms with Crippen LogP contribution in [0.15, 0.2) is 54.7 Å². The lowest BCUT2D eigenvalue weighted by molar-refractivity contribution is 0.0948. The van der Waals surface area contributed by atoms with Crippen LogP contribution in [0.5, 0.6) is 0 Å². The van der Waals surface area contributed by atoms with Gasteiger partial charge >= 0.3 is 0 Å². The van der Waals surface area contributed by atoms with Gasteiger partial charge < -0.3 is 5.32 Å². The standard InChI is InChI=1S/C20H18N2O/c23-20(19-18-7-2-1-4-16(18)10-11-21-19)22-13-14-8-9-15-5-3-6-17(15)12-14/h1-2,4,7-12H,3,5-6,13H2,(H,22,23). The maximum atomic E-state index is 12.5. The number of benzene rings is 2. The molecule has 0 aliphatic heterocycles. The zero-order valence-corrected chi connectivity index (χ0v) is 12.9. The van der Waals surface area contributed by atoms with E-state index in [-0.39, 0.29) is 5.91 Å². The maximum absolute atomic E-state index is 12.5. The number of fused-ring (bicyclic) bond motifs is 2. The van der Waals surface area contributed by atoms with Crippen LogP contribution in [-0.4, -0.2) is 10.9 Å². The van der Waals surface area contributed by atoms with Gasteiger partial charge in [0.25, 0.3) is 5.91 Å². The second-order valence-corrected chi connectivity index (χ2v) is 6.02. The van der Waals surface area contributed by atoms with Gasteiger partial charge in [0.15, 0.2) is 0 Å². The topological polar surface area (TPSA) is 42.0 Å². The monoisotopic (exact) mass is 302 g/mol. The largest absolute Gasteiger partial charge is 0.347 e. The van der Waals surface area contributed by atoms with Crippen LogP contribution in [0.4, 0.5) is 0 Å². The SMILES string of the molecule is O=C(NCc1ccc2c(c1)CCC2)c1nccc2ccccc12. The Morgan fingerprint density at radius 2 is 1.91 bits per heavy atom. The Morgan fingerprint density at radius 1 is 1.04 bits per heavy atom. The highest BCUT2D eigenvalue weighted by Gasteiger charge is 2.13. The summed E-state index contributed by atoms with van der Waals surface area (Å²) in [5.74, 6) is -0.123. The third kappa shape index (κ3) is 2.70. The second-order valence-electron chi connectivity index (χ2n) is 6.02. The van der Waals surface area contributed by atoms with Gasteiger partial charge in [-0.2, -0.15) is 0 Å². The Balaban J connectivity index is 1.53. The molecule has 0 unspecified atom stereocenters. The Morgan fingerprint density at radius 3 is 2.87 bits per heavy atom. The number of aryl methyl sites for hydroxylation is 2. The van der Waals surface area contributed by atoms with Crippen LogP contribution in [0.1, 0.15) is 33.6 Å². The van der Waals surface area contributed by atoms with Gasteiger partial charge in [-0.25, -0.2) is 0 Å². The molecule has 3 nitrogen and oxygen atoms in total. The summed E-state index contributed by atoms with van der Waals surface area (Å²) in [5.41, 5.74) is 4.53. The van der Waals surface area contributed by atoms with Gasteiger partial charge in [0.2, 0.25) is 0 Å². The molecular formula is C20H18N2O. The van der Waals surface area contributed by atoms with E-state index < -0.39 is 0 Å². The molecule has 0 radical (unpaired) electrons. The first-order chi connectivity index (χ1) is 11.3. The third-order valence-electron chi connectivity index (χ3n) is 4.50. The van der Waals surface area contributed by atoms with Gasteiger partial charge in [-0.05, 0) is 47.4 Å². The maximum Gasteiger partial charge on any atom is 0.270 e. The molecule has 0 saturated carbocycles. The minimum atomic E-state index is -0.123. The van der Waals surface area contributed by atoms with Crippen LogP contribution in [0, 0.1) is 0 Å². The molecule has 1 aromatic heterocycles. The summed E-state index contributed by atoms with van der Waals surface area (Å²) in [4.78, 5) is 16.8. The van der Waals surface area contributed by atoms with Crippen molar-refractivity contribution in [2.24, 2.45) is 0 Å². The average molecular weight is 302 g/mol. The van der Waals surface area contributed by atoms with Gasteiger partial charge in [0, 0.05) is 18.1 Å². The molecule has 0 spiro atoms. The number of pyridine rings is 1. The highest BCUT2D eigenvalue weighted by Crippen LogP contribution is 2.23. The lowest BCUT2D eigenvalue weighted by atomic mass is 10.1. The van der Waals surface area contributed by atoms with E-state index in [1.54, 1.807) is 6.20 Å². The molecule has 0 atom stereocenters. The quantitative estimate of drug-likeness (QED) is 0.802. The molecule has 23 heavy (non-hydrogen) atoms. The lowest BCUT2D eigenvalue weighted by Crippen LogP contribution is -2.24. The zero-order chi connectivity index (χ0) is 15.6. The Hall–Kier alpha value is -2.68. The molecular weight excluding hydrogens is 284 g/mol.